The number of H-pyrrole nitrogens is 1. The van der Waals surface area contributed by atoms with Crippen molar-refractivity contribution in [2.75, 3.05) is 6.54 Å². The fourth-order valence-corrected chi connectivity index (χ4v) is 3.23. The molecule has 1 heterocycles. The van der Waals surface area contributed by atoms with Gasteiger partial charge >= 0.3 is 0 Å². The lowest BCUT2D eigenvalue weighted by atomic mass is 9.97. The molecule has 1 aromatic heterocycles. The van der Waals surface area contributed by atoms with Crippen LogP contribution in [0.15, 0.2) is 30.5 Å². The van der Waals surface area contributed by atoms with Gasteiger partial charge in [-0.05, 0) is 49.8 Å². The highest BCUT2D eigenvalue weighted by Gasteiger charge is 2.26. The van der Waals surface area contributed by atoms with Crippen molar-refractivity contribution in [1.29, 1.82) is 0 Å². The molecular formula is C16H22N2. The monoisotopic (exact) mass is 242 g/mol. The van der Waals surface area contributed by atoms with E-state index in [-0.39, 0.29) is 0 Å². The summed E-state index contributed by atoms with van der Waals surface area (Å²) in [6.45, 7) is 3.39. The molecule has 2 aromatic rings. The van der Waals surface area contributed by atoms with E-state index in [9.17, 15) is 0 Å². The van der Waals surface area contributed by atoms with Crippen LogP contribution >= 0.6 is 0 Å². The van der Waals surface area contributed by atoms with Crippen LogP contribution in [0.2, 0.25) is 0 Å². The quantitative estimate of drug-likeness (QED) is 0.838. The van der Waals surface area contributed by atoms with E-state index in [1.165, 1.54) is 42.1 Å². The molecule has 0 saturated heterocycles. The number of para-hydroxylation sites is 1. The standard InChI is InChI=1S/C16H22N2/c1-2-9-17-13-8-7-12(10-13)15-11-18-16-6-4-3-5-14(15)16/h3-6,11-13,17-18H,2,7-10H2,1H3. The van der Waals surface area contributed by atoms with Gasteiger partial charge in [0.15, 0.2) is 0 Å². The first-order valence-electron chi connectivity index (χ1n) is 7.18. The second-order valence-corrected chi connectivity index (χ2v) is 5.45. The van der Waals surface area contributed by atoms with Gasteiger partial charge in [0.2, 0.25) is 0 Å². The average molecular weight is 242 g/mol. The van der Waals surface area contributed by atoms with Crippen LogP contribution < -0.4 is 5.32 Å². The third-order valence-corrected chi connectivity index (χ3v) is 4.18. The molecular weight excluding hydrogens is 220 g/mol. The zero-order valence-corrected chi connectivity index (χ0v) is 11.1. The van der Waals surface area contributed by atoms with Crippen LogP contribution in [-0.4, -0.2) is 17.6 Å². The molecule has 0 bridgehead atoms. The maximum absolute atomic E-state index is 3.66. The van der Waals surface area contributed by atoms with E-state index in [2.05, 4.69) is 47.7 Å². The van der Waals surface area contributed by atoms with Gasteiger partial charge in [0, 0.05) is 23.1 Å². The Morgan fingerprint density at radius 3 is 3.06 bits per heavy atom. The molecule has 1 aliphatic rings. The Bertz CT molecular complexity index is 515. The lowest BCUT2D eigenvalue weighted by Gasteiger charge is -2.12. The normalized spacial score (nSPS) is 23.8. The van der Waals surface area contributed by atoms with Crippen molar-refractivity contribution >= 4 is 10.9 Å². The third kappa shape index (κ3) is 2.17. The molecule has 2 atom stereocenters. The first-order chi connectivity index (χ1) is 8.88. The van der Waals surface area contributed by atoms with E-state index in [0.29, 0.717) is 0 Å². The van der Waals surface area contributed by atoms with Crippen molar-refractivity contribution in [1.82, 2.24) is 10.3 Å². The lowest BCUT2D eigenvalue weighted by molar-refractivity contribution is 0.517. The van der Waals surface area contributed by atoms with E-state index < -0.39 is 0 Å². The van der Waals surface area contributed by atoms with E-state index in [1.54, 1.807) is 0 Å². The van der Waals surface area contributed by atoms with Crippen LogP contribution in [0.3, 0.4) is 0 Å². The highest BCUT2D eigenvalue weighted by molar-refractivity contribution is 5.83. The molecule has 2 nitrogen and oxygen atoms in total. The average Bonchev–Trinajstić information content (AvgIpc) is 3.02. The number of aromatic amines is 1. The number of hydrogen-bond donors (Lipinski definition) is 2. The van der Waals surface area contributed by atoms with Gasteiger partial charge in [-0.3, -0.25) is 0 Å². The molecule has 96 valence electrons. The van der Waals surface area contributed by atoms with Crippen molar-refractivity contribution in [3.05, 3.63) is 36.0 Å². The number of benzene rings is 1. The molecule has 0 spiro atoms. The van der Waals surface area contributed by atoms with Gasteiger partial charge in [-0.1, -0.05) is 25.1 Å². The summed E-state index contributed by atoms with van der Waals surface area (Å²) in [4.78, 5) is 3.40. The van der Waals surface area contributed by atoms with Gasteiger partial charge in [0.05, 0.1) is 0 Å². The fraction of sp³-hybridized carbons (Fsp3) is 0.500. The molecule has 2 N–H and O–H groups in total. The topological polar surface area (TPSA) is 27.8 Å². The van der Waals surface area contributed by atoms with Crippen LogP contribution in [0.25, 0.3) is 10.9 Å². The van der Waals surface area contributed by atoms with Gasteiger partial charge in [-0.15, -0.1) is 0 Å². The molecule has 0 aliphatic heterocycles. The summed E-state index contributed by atoms with van der Waals surface area (Å²) in [5, 5.41) is 5.08. The highest BCUT2D eigenvalue weighted by atomic mass is 14.9. The van der Waals surface area contributed by atoms with Gasteiger partial charge in [0.25, 0.3) is 0 Å². The smallest absolute Gasteiger partial charge is 0.0456 e. The summed E-state index contributed by atoms with van der Waals surface area (Å²) in [6.07, 6.45) is 7.39. The minimum atomic E-state index is 0.726. The number of rotatable bonds is 4. The molecule has 2 unspecified atom stereocenters. The Labute approximate surface area is 109 Å². The molecule has 0 radical (unpaired) electrons. The van der Waals surface area contributed by atoms with Gasteiger partial charge in [0.1, 0.15) is 0 Å². The van der Waals surface area contributed by atoms with Crippen LogP contribution in [0.1, 0.15) is 44.1 Å². The largest absolute Gasteiger partial charge is 0.361 e. The maximum Gasteiger partial charge on any atom is 0.0456 e. The molecule has 0 amide bonds. The Kier molecular flexibility index (Phi) is 3.37. The minimum absolute atomic E-state index is 0.726. The summed E-state index contributed by atoms with van der Waals surface area (Å²) in [5.74, 6) is 0.732. The zero-order valence-electron chi connectivity index (χ0n) is 11.1. The van der Waals surface area contributed by atoms with E-state index >= 15 is 0 Å². The molecule has 1 aliphatic carbocycles. The number of aromatic nitrogens is 1. The Hall–Kier alpha value is -1.28. The highest BCUT2D eigenvalue weighted by Crippen LogP contribution is 2.37. The maximum atomic E-state index is 3.66. The molecule has 18 heavy (non-hydrogen) atoms. The van der Waals surface area contributed by atoms with Crippen molar-refractivity contribution in [2.24, 2.45) is 0 Å². The molecule has 3 rings (SSSR count). The minimum Gasteiger partial charge on any atom is -0.361 e. The number of hydrogen-bond acceptors (Lipinski definition) is 1. The van der Waals surface area contributed by atoms with Crippen LogP contribution in [0, 0.1) is 0 Å². The summed E-state index contributed by atoms with van der Waals surface area (Å²) in [5.41, 5.74) is 2.80. The summed E-state index contributed by atoms with van der Waals surface area (Å²) < 4.78 is 0. The molecule has 2 heteroatoms. The predicted octanol–water partition coefficient (Wildman–Crippen LogP) is 3.80. The second kappa shape index (κ2) is 5.15. The number of fused-ring (bicyclic) bond motifs is 1. The van der Waals surface area contributed by atoms with Crippen LogP contribution in [-0.2, 0) is 0 Å². The van der Waals surface area contributed by atoms with Crippen LogP contribution in [0.5, 0.6) is 0 Å². The number of nitrogens with one attached hydrogen (secondary N) is 2. The first-order valence-corrected chi connectivity index (χ1v) is 7.18. The Morgan fingerprint density at radius 1 is 1.28 bits per heavy atom. The lowest BCUT2D eigenvalue weighted by Crippen LogP contribution is -2.26. The fourth-order valence-electron chi connectivity index (χ4n) is 3.23. The summed E-state index contributed by atoms with van der Waals surface area (Å²) >= 11 is 0. The Morgan fingerprint density at radius 2 is 2.17 bits per heavy atom. The molecule has 1 fully saturated rings. The Balaban J connectivity index is 1.76. The third-order valence-electron chi connectivity index (χ3n) is 4.18. The van der Waals surface area contributed by atoms with E-state index in [4.69, 9.17) is 0 Å². The van der Waals surface area contributed by atoms with E-state index in [0.717, 1.165) is 18.5 Å². The summed E-state index contributed by atoms with van der Waals surface area (Å²) in [7, 11) is 0. The van der Waals surface area contributed by atoms with Crippen molar-refractivity contribution in [3.8, 4) is 0 Å². The van der Waals surface area contributed by atoms with Crippen LogP contribution in [0.4, 0.5) is 0 Å². The van der Waals surface area contributed by atoms with Gasteiger partial charge in [-0.25, -0.2) is 0 Å². The molecule has 1 aromatic carbocycles. The molecule has 1 saturated carbocycles. The van der Waals surface area contributed by atoms with Gasteiger partial charge in [-0.2, -0.15) is 0 Å². The van der Waals surface area contributed by atoms with Gasteiger partial charge < -0.3 is 10.3 Å². The van der Waals surface area contributed by atoms with Crippen molar-refractivity contribution in [3.63, 3.8) is 0 Å². The SMILES string of the molecule is CCCNC1CCC(c2c[nH]c3ccccc23)C1. The van der Waals surface area contributed by atoms with Crippen molar-refractivity contribution < 1.29 is 0 Å². The second-order valence-electron chi connectivity index (χ2n) is 5.45. The van der Waals surface area contributed by atoms with Crippen molar-refractivity contribution in [2.45, 2.75) is 44.6 Å². The zero-order chi connectivity index (χ0) is 12.4. The summed E-state index contributed by atoms with van der Waals surface area (Å²) in [6, 6.07) is 9.38. The predicted molar refractivity (Wildman–Crippen MR) is 77.0 cm³/mol. The van der Waals surface area contributed by atoms with E-state index in [1.807, 2.05) is 0 Å². The first kappa shape index (κ1) is 11.8.